The molecule has 1 aromatic heterocycles. The van der Waals surface area contributed by atoms with E-state index >= 15 is 0 Å². The van der Waals surface area contributed by atoms with Crippen LogP contribution in [-0.2, 0) is 16.2 Å². The van der Waals surface area contributed by atoms with Crippen molar-refractivity contribution in [3.63, 3.8) is 0 Å². The molecule has 0 aromatic carbocycles. The third-order valence-electron chi connectivity index (χ3n) is 3.14. The highest BCUT2D eigenvalue weighted by atomic mass is 16.6. The van der Waals surface area contributed by atoms with E-state index in [1.54, 1.807) is 13.3 Å². The molecule has 1 aliphatic rings. The molecule has 0 radical (unpaired) electrons. The first kappa shape index (κ1) is 13.6. The Labute approximate surface area is 112 Å². The third kappa shape index (κ3) is 3.57. The lowest BCUT2D eigenvalue weighted by Crippen LogP contribution is -2.24. The fraction of sp³-hybridized carbons (Fsp3) is 0.538. The van der Waals surface area contributed by atoms with Gasteiger partial charge in [-0.2, -0.15) is 0 Å². The van der Waals surface area contributed by atoms with Gasteiger partial charge in [-0.05, 0) is 18.9 Å². The summed E-state index contributed by atoms with van der Waals surface area (Å²) in [5.74, 6) is 1.26. The van der Waals surface area contributed by atoms with Crippen molar-refractivity contribution in [3.05, 3.63) is 23.4 Å². The first-order valence-corrected chi connectivity index (χ1v) is 6.23. The number of nitrogens with zero attached hydrogens (tertiary/aromatic N) is 2. The number of methoxy groups -OCH3 is 1. The van der Waals surface area contributed by atoms with Crippen LogP contribution in [0.15, 0.2) is 17.4 Å². The van der Waals surface area contributed by atoms with Gasteiger partial charge in [0.15, 0.2) is 0 Å². The molecule has 1 aliphatic heterocycles. The predicted molar refractivity (Wildman–Crippen MR) is 70.9 cm³/mol. The van der Waals surface area contributed by atoms with Gasteiger partial charge in [0, 0.05) is 30.4 Å². The molecule has 0 aliphatic carbocycles. The van der Waals surface area contributed by atoms with E-state index in [9.17, 15) is 0 Å². The molecular weight excluding hydrogens is 246 g/mol. The third-order valence-corrected chi connectivity index (χ3v) is 3.14. The number of hydrogen-bond donors (Lipinski definition) is 1. The van der Waals surface area contributed by atoms with Crippen LogP contribution in [0.5, 0.6) is 5.88 Å². The summed E-state index contributed by atoms with van der Waals surface area (Å²) >= 11 is 0. The van der Waals surface area contributed by atoms with Crippen LogP contribution < -0.4 is 10.5 Å². The second-order valence-corrected chi connectivity index (χ2v) is 4.50. The first-order valence-electron chi connectivity index (χ1n) is 6.23. The van der Waals surface area contributed by atoms with E-state index in [1.165, 1.54) is 0 Å². The van der Waals surface area contributed by atoms with Gasteiger partial charge in [-0.25, -0.2) is 4.98 Å². The number of aromatic nitrogens is 1. The molecule has 2 rings (SSSR count). The van der Waals surface area contributed by atoms with Gasteiger partial charge in [0.1, 0.15) is 12.4 Å². The van der Waals surface area contributed by atoms with E-state index in [2.05, 4.69) is 10.1 Å². The SMILES string of the molecule is COc1cc(C)c(CO/N=C(\N)C2CCOC2)cn1. The molecule has 0 amide bonds. The summed E-state index contributed by atoms with van der Waals surface area (Å²) in [6.07, 6.45) is 2.63. The molecule has 0 bridgehead atoms. The van der Waals surface area contributed by atoms with Crippen molar-refractivity contribution in [2.24, 2.45) is 16.8 Å². The smallest absolute Gasteiger partial charge is 0.213 e. The van der Waals surface area contributed by atoms with Gasteiger partial charge >= 0.3 is 0 Å². The van der Waals surface area contributed by atoms with E-state index in [4.69, 9.17) is 20.0 Å². The Balaban J connectivity index is 1.89. The standard InChI is InChI=1S/C13H19N3O3/c1-9-5-12(17-2)15-6-11(9)8-19-16-13(14)10-3-4-18-7-10/h5-6,10H,3-4,7-8H2,1-2H3,(H2,14,16). The number of pyridine rings is 1. The van der Waals surface area contributed by atoms with Gasteiger partial charge in [0.05, 0.1) is 13.7 Å². The van der Waals surface area contributed by atoms with Crippen molar-refractivity contribution >= 4 is 5.84 Å². The lowest BCUT2D eigenvalue weighted by atomic mass is 10.1. The van der Waals surface area contributed by atoms with Crippen LogP contribution in [0.2, 0.25) is 0 Å². The summed E-state index contributed by atoms with van der Waals surface area (Å²) in [5, 5.41) is 3.94. The van der Waals surface area contributed by atoms with Gasteiger partial charge < -0.3 is 20.0 Å². The Morgan fingerprint density at radius 3 is 3.11 bits per heavy atom. The Kier molecular flexibility index (Phi) is 4.57. The van der Waals surface area contributed by atoms with Crippen LogP contribution in [0.4, 0.5) is 0 Å². The molecule has 1 fully saturated rings. The number of amidine groups is 1. The van der Waals surface area contributed by atoms with Crippen molar-refractivity contribution in [2.75, 3.05) is 20.3 Å². The maximum Gasteiger partial charge on any atom is 0.213 e. The van der Waals surface area contributed by atoms with Gasteiger partial charge in [-0.3, -0.25) is 0 Å². The van der Waals surface area contributed by atoms with Crippen LogP contribution in [0.1, 0.15) is 17.5 Å². The van der Waals surface area contributed by atoms with Crippen LogP contribution >= 0.6 is 0 Å². The van der Waals surface area contributed by atoms with E-state index in [-0.39, 0.29) is 5.92 Å². The average molecular weight is 265 g/mol. The predicted octanol–water partition coefficient (Wildman–Crippen LogP) is 1.22. The van der Waals surface area contributed by atoms with Crippen LogP contribution in [0.25, 0.3) is 0 Å². The second-order valence-electron chi connectivity index (χ2n) is 4.50. The molecule has 2 N–H and O–H groups in total. The first-order chi connectivity index (χ1) is 9.20. The molecule has 0 saturated carbocycles. The monoisotopic (exact) mass is 265 g/mol. The number of nitrogens with two attached hydrogens (primary N) is 1. The summed E-state index contributed by atoms with van der Waals surface area (Å²) in [7, 11) is 1.59. The normalized spacial score (nSPS) is 19.5. The highest BCUT2D eigenvalue weighted by Crippen LogP contribution is 2.15. The molecule has 6 nitrogen and oxygen atoms in total. The van der Waals surface area contributed by atoms with Crippen LogP contribution in [0.3, 0.4) is 0 Å². The van der Waals surface area contributed by atoms with Crippen molar-refractivity contribution < 1.29 is 14.3 Å². The summed E-state index contributed by atoms with van der Waals surface area (Å²) in [6, 6.07) is 1.86. The maximum atomic E-state index is 5.84. The summed E-state index contributed by atoms with van der Waals surface area (Å²) in [5.41, 5.74) is 7.84. The largest absolute Gasteiger partial charge is 0.481 e. The molecule has 1 unspecified atom stereocenters. The van der Waals surface area contributed by atoms with E-state index in [0.717, 1.165) is 24.2 Å². The fourth-order valence-electron chi connectivity index (χ4n) is 1.84. The quantitative estimate of drug-likeness (QED) is 0.492. The van der Waals surface area contributed by atoms with Crippen molar-refractivity contribution in [3.8, 4) is 5.88 Å². The van der Waals surface area contributed by atoms with Crippen molar-refractivity contribution in [1.82, 2.24) is 4.98 Å². The highest BCUT2D eigenvalue weighted by Gasteiger charge is 2.19. The Morgan fingerprint density at radius 1 is 1.63 bits per heavy atom. The number of rotatable bonds is 5. The Morgan fingerprint density at radius 2 is 2.47 bits per heavy atom. The lowest BCUT2D eigenvalue weighted by Gasteiger charge is -2.08. The molecule has 1 saturated heterocycles. The lowest BCUT2D eigenvalue weighted by molar-refractivity contribution is 0.127. The number of hydrogen-bond acceptors (Lipinski definition) is 5. The fourth-order valence-corrected chi connectivity index (χ4v) is 1.84. The van der Waals surface area contributed by atoms with E-state index in [0.29, 0.717) is 24.9 Å². The minimum atomic E-state index is 0.176. The molecular formula is C13H19N3O3. The maximum absolute atomic E-state index is 5.84. The zero-order chi connectivity index (χ0) is 13.7. The number of oxime groups is 1. The molecule has 2 heterocycles. The molecule has 19 heavy (non-hydrogen) atoms. The highest BCUT2D eigenvalue weighted by molar-refractivity contribution is 5.82. The van der Waals surface area contributed by atoms with Crippen LogP contribution in [0, 0.1) is 12.8 Å². The zero-order valence-corrected chi connectivity index (χ0v) is 11.3. The van der Waals surface area contributed by atoms with E-state index < -0.39 is 0 Å². The molecule has 1 aromatic rings. The van der Waals surface area contributed by atoms with Gasteiger partial charge in [-0.15, -0.1) is 0 Å². The summed E-state index contributed by atoms with van der Waals surface area (Å²) in [4.78, 5) is 9.41. The number of aryl methyl sites for hydroxylation is 1. The molecule has 1 atom stereocenters. The van der Waals surface area contributed by atoms with Crippen LogP contribution in [-0.4, -0.2) is 31.1 Å². The van der Waals surface area contributed by atoms with Gasteiger partial charge in [-0.1, -0.05) is 5.16 Å². The van der Waals surface area contributed by atoms with Gasteiger partial charge in [0.25, 0.3) is 0 Å². The number of ether oxygens (including phenoxy) is 2. The average Bonchev–Trinajstić information content (AvgIpc) is 2.94. The Hall–Kier alpha value is -1.82. The molecule has 0 spiro atoms. The Bertz CT molecular complexity index is 456. The van der Waals surface area contributed by atoms with E-state index in [1.807, 2.05) is 13.0 Å². The topological polar surface area (TPSA) is 79.0 Å². The minimum Gasteiger partial charge on any atom is -0.481 e. The van der Waals surface area contributed by atoms with Gasteiger partial charge in [0.2, 0.25) is 5.88 Å². The van der Waals surface area contributed by atoms with Crippen molar-refractivity contribution in [1.29, 1.82) is 0 Å². The second kappa shape index (κ2) is 6.38. The minimum absolute atomic E-state index is 0.176. The summed E-state index contributed by atoms with van der Waals surface area (Å²) < 4.78 is 10.3. The molecule has 6 heteroatoms. The zero-order valence-electron chi connectivity index (χ0n) is 11.3. The summed E-state index contributed by atoms with van der Waals surface area (Å²) in [6.45, 7) is 3.68. The van der Waals surface area contributed by atoms with Crippen molar-refractivity contribution in [2.45, 2.75) is 20.0 Å². The molecule has 104 valence electrons.